The molecule has 0 unspecified atom stereocenters. The van der Waals surface area contributed by atoms with Crippen LogP contribution in [0, 0.1) is 0 Å². The Morgan fingerprint density at radius 1 is 1.50 bits per heavy atom. The molecule has 0 saturated carbocycles. The molecule has 1 fully saturated rings. The number of methoxy groups -OCH3 is 1. The number of ether oxygens (including phenoxy) is 1. The maximum atomic E-state index is 11.5. The van der Waals surface area contributed by atoms with Gasteiger partial charge in [0.05, 0.1) is 18.4 Å². The van der Waals surface area contributed by atoms with E-state index in [0.717, 1.165) is 0 Å². The summed E-state index contributed by atoms with van der Waals surface area (Å²) in [6, 6.07) is 1.53. The van der Waals surface area contributed by atoms with Crippen LogP contribution in [0.3, 0.4) is 0 Å². The van der Waals surface area contributed by atoms with Gasteiger partial charge in [-0.1, -0.05) is 0 Å². The molecule has 0 amide bonds. The van der Waals surface area contributed by atoms with Crippen molar-refractivity contribution >= 4 is 28.3 Å². The lowest BCUT2D eigenvalue weighted by molar-refractivity contribution is 0.0602. The number of hydrogen-bond donors (Lipinski definition) is 1. The predicted octanol–water partition coefficient (Wildman–Crippen LogP) is 0.0191. The number of nitrogen functional groups attached to an aromatic ring is 1. The van der Waals surface area contributed by atoms with Crippen molar-refractivity contribution < 1.29 is 13.7 Å². The van der Waals surface area contributed by atoms with Crippen molar-refractivity contribution in [3.63, 3.8) is 0 Å². The molecular weight excluding hydrogens is 254 g/mol. The molecule has 1 aliphatic rings. The van der Waals surface area contributed by atoms with Crippen LogP contribution in [-0.4, -0.2) is 46.9 Å². The highest BCUT2D eigenvalue weighted by atomic mass is 32.2. The molecule has 7 heteroatoms. The second kappa shape index (κ2) is 5.34. The highest BCUT2D eigenvalue weighted by Crippen LogP contribution is 2.25. The molecule has 2 N–H and O–H groups in total. The van der Waals surface area contributed by atoms with Gasteiger partial charge in [0.1, 0.15) is 0 Å². The Kier molecular flexibility index (Phi) is 3.81. The van der Waals surface area contributed by atoms with E-state index in [1.807, 2.05) is 4.90 Å². The van der Waals surface area contributed by atoms with Gasteiger partial charge in [0.15, 0.2) is 5.82 Å². The van der Waals surface area contributed by atoms with Gasteiger partial charge in [-0.15, -0.1) is 0 Å². The zero-order valence-electron chi connectivity index (χ0n) is 10.1. The van der Waals surface area contributed by atoms with Crippen LogP contribution in [0.4, 0.5) is 11.5 Å². The third kappa shape index (κ3) is 2.45. The van der Waals surface area contributed by atoms with E-state index in [9.17, 15) is 9.00 Å². The number of carbonyl (C=O) groups excluding carboxylic acids is 1. The average molecular weight is 269 g/mol. The molecular formula is C11H15N3O3S. The van der Waals surface area contributed by atoms with Crippen molar-refractivity contribution in [2.45, 2.75) is 0 Å². The molecule has 0 spiro atoms. The van der Waals surface area contributed by atoms with Gasteiger partial charge in [-0.2, -0.15) is 0 Å². The summed E-state index contributed by atoms with van der Waals surface area (Å²) in [7, 11) is 0.553. The number of rotatable bonds is 2. The number of aromatic nitrogens is 1. The van der Waals surface area contributed by atoms with Crippen LogP contribution in [-0.2, 0) is 15.5 Å². The van der Waals surface area contributed by atoms with Crippen LogP contribution >= 0.6 is 0 Å². The molecule has 6 nitrogen and oxygen atoms in total. The zero-order valence-corrected chi connectivity index (χ0v) is 10.9. The minimum absolute atomic E-state index is 0.314. The molecule has 0 aliphatic carbocycles. The fraction of sp³-hybridized carbons (Fsp3) is 0.455. The fourth-order valence-electron chi connectivity index (χ4n) is 1.85. The smallest absolute Gasteiger partial charge is 0.340 e. The summed E-state index contributed by atoms with van der Waals surface area (Å²) in [6.45, 7) is 1.27. The molecule has 0 atom stereocenters. The Labute approximate surface area is 108 Å². The molecule has 18 heavy (non-hydrogen) atoms. The van der Waals surface area contributed by atoms with Crippen molar-refractivity contribution in [3.8, 4) is 0 Å². The number of pyridine rings is 1. The van der Waals surface area contributed by atoms with Gasteiger partial charge in [0.2, 0.25) is 0 Å². The lowest BCUT2D eigenvalue weighted by Gasteiger charge is -2.28. The Balaban J connectivity index is 2.28. The molecule has 1 saturated heterocycles. The predicted molar refractivity (Wildman–Crippen MR) is 70.1 cm³/mol. The van der Waals surface area contributed by atoms with Crippen molar-refractivity contribution in [1.82, 2.24) is 4.98 Å². The number of esters is 1. The van der Waals surface area contributed by atoms with Crippen LogP contribution in [0.15, 0.2) is 12.3 Å². The van der Waals surface area contributed by atoms with Crippen molar-refractivity contribution in [2.75, 3.05) is 42.3 Å². The SMILES string of the molecule is COC(=O)c1ccnc(N2CCS(=O)CC2)c1N. The largest absolute Gasteiger partial charge is 0.465 e. The summed E-state index contributed by atoms with van der Waals surface area (Å²) < 4.78 is 16.0. The van der Waals surface area contributed by atoms with Crippen molar-refractivity contribution in [3.05, 3.63) is 17.8 Å². The van der Waals surface area contributed by atoms with Crippen LogP contribution in [0.1, 0.15) is 10.4 Å². The third-order valence-corrected chi connectivity index (χ3v) is 4.13. The van der Waals surface area contributed by atoms with Crippen molar-refractivity contribution in [2.24, 2.45) is 0 Å². The molecule has 2 heterocycles. The van der Waals surface area contributed by atoms with Gasteiger partial charge in [-0.25, -0.2) is 9.78 Å². The topological polar surface area (TPSA) is 85.5 Å². The first-order chi connectivity index (χ1) is 8.63. The number of nitrogens with two attached hydrogens (primary N) is 1. The highest BCUT2D eigenvalue weighted by molar-refractivity contribution is 7.85. The second-order valence-corrected chi connectivity index (χ2v) is 5.62. The van der Waals surface area contributed by atoms with Gasteiger partial charge in [0, 0.05) is 41.6 Å². The van der Waals surface area contributed by atoms with E-state index in [1.54, 1.807) is 0 Å². The number of anilines is 2. The average Bonchev–Trinajstić information content (AvgIpc) is 2.39. The Morgan fingerprint density at radius 2 is 2.17 bits per heavy atom. The van der Waals surface area contributed by atoms with E-state index in [-0.39, 0.29) is 0 Å². The monoisotopic (exact) mass is 269 g/mol. The van der Waals surface area contributed by atoms with Crippen molar-refractivity contribution in [1.29, 1.82) is 0 Å². The molecule has 0 bridgehead atoms. The molecule has 1 aromatic rings. The maximum absolute atomic E-state index is 11.5. The maximum Gasteiger partial charge on any atom is 0.340 e. The highest BCUT2D eigenvalue weighted by Gasteiger charge is 2.21. The van der Waals surface area contributed by atoms with Gasteiger partial charge in [-0.3, -0.25) is 4.21 Å². The van der Waals surface area contributed by atoms with Crippen LogP contribution in [0.5, 0.6) is 0 Å². The summed E-state index contributed by atoms with van der Waals surface area (Å²) in [5.74, 6) is 1.29. The van der Waals surface area contributed by atoms with Crippen LogP contribution < -0.4 is 10.6 Å². The van der Waals surface area contributed by atoms with Gasteiger partial charge >= 0.3 is 5.97 Å². The summed E-state index contributed by atoms with van der Waals surface area (Å²) in [5, 5.41) is 0. The van der Waals surface area contributed by atoms with Gasteiger partial charge < -0.3 is 15.4 Å². The quantitative estimate of drug-likeness (QED) is 0.762. The molecule has 0 radical (unpaired) electrons. The Bertz CT molecular complexity index is 482. The van der Waals surface area contributed by atoms with E-state index in [2.05, 4.69) is 9.72 Å². The lowest BCUT2D eigenvalue weighted by Crippen LogP contribution is -2.38. The minimum Gasteiger partial charge on any atom is -0.465 e. The zero-order chi connectivity index (χ0) is 13.1. The normalized spacial score (nSPS) is 16.6. The van der Waals surface area contributed by atoms with E-state index in [4.69, 9.17) is 5.73 Å². The summed E-state index contributed by atoms with van der Waals surface area (Å²) in [5.41, 5.74) is 6.58. The molecule has 2 rings (SSSR count). The first kappa shape index (κ1) is 12.8. The minimum atomic E-state index is -0.759. The van der Waals surface area contributed by atoms with Crippen LogP contribution in [0.25, 0.3) is 0 Å². The molecule has 1 aromatic heterocycles. The lowest BCUT2D eigenvalue weighted by atomic mass is 10.2. The fourth-order valence-corrected chi connectivity index (χ4v) is 2.90. The van der Waals surface area contributed by atoms with E-state index in [1.165, 1.54) is 19.4 Å². The number of carbonyl (C=O) groups is 1. The molecule has 1 aliphatic heterocycles. The first-order valence-electron chi connectivity index (χ1n) is 5.56. The Hall–Kier alpha value is -1.63. The molecule has 98 valence electrons. The summed E-state index contributed by atoms with van der Waals surface area (Å²) in [4.78, 5) is 17.7. The second-order valence-electron chi connectivity index (χ2n) is 3.92. The number of nitrogens with zero attached hydrogens (tertiary/aromatic N) is 2. The standard InChI is InChI=1S/C11H15N3O3S/c1-17-11(15)8-2-3-13-10(9(8)12)14-4-6-18(16)7-5-14/h2-3H,4-7,12H2,1H3. The van der Waals surface area contributed by atoms with E-state index >= 15 is 0 Å². The van der Waals surface area contributed by atoms with Gasteiger partial charge in [-0.05, 0) is 6.07 Å². The summed E-state index contributed by atoms with van der Waals surface area (Å²) in [6.07, 6.45) is 1.53. The molecule has 0 aromatic carbocycles. The first-order valence-corrected chi connectivity index (χ1v) is 7.05. The van der Waals surface area contributed by atoms with Gasteiger partial charge in [0.25, 0.3) is 0 Å². The van der Waals surface area contributed by atoms with E-state index < -0.39 is 16.8 Å². The number of hydrogen-bond acceptors (Lipinski definition) is 6. The van der Waals surface area contributed by atoms with E-state index in [0.29, 0.717) is 41.7 Å². The summed E-state index contributed by atoms with van der Waals surface area (Å²) >= 11 is 0. The third-order valence-electron chi connectivity index (χ3n) is 2.85. The Morgan fingerprint density at radius 3 is 2.78 bits per heavy atom. The van der Waals surface area contributed by atoms with Crippen LogP contribution in [0.2, 0.25) is 0 Å².